The molecule has 0 aliphatic rings. The summed E-state index contributed by atoms with van der Waals surface area (Å²) in [6.45, 7) is 3.56. The average molecular weight is 283 g/mol. The molecular formula is C13H17NO4S. The maximum absolute atomic E-state index is 12.0. The van der Waals surface area contributed by atoms with Crippen LogP contribution in [0.1, 0.15) is 13.8 Å². The highest BCUT2D eigenvalue weighted by molar-refractivity contribution is 8.00. The van der Waals surface area contributed by atoms with Crippen molar-refractivity contribution in [1.82, 2.24) is 0 Å². The lowest BCUT2D eigenvalue weighted by Crippen LogP contribution is -2.37. The first-order valence-electron chi connectivity index (χ1n) is 5.83. The zero-order chi connectivity index (χ0) is 14.4. The lowest BCUT2D eigenvalue weighted by atomic mass is 10.2. The van der Waals surface area contributed by atoms with Gasteiger partial charge in [0.05, 0.1) is 5.75 Å². The number of benzene rings is 1. The number of carboxylic acids is 1. The van der Waals surface area contributed by atoms with E-state index in [0.717, 1.165) is 0 Å². The summed E-state index contributed by atoms with van der Waals surface area (Å²) in [6, 6.07) is 5.90. The van der Waals surface area contributed by atoms with Gasteiger partial charge in [-0.25, -0.2) is 0 Å². The first-order valence-corrected chi connectivity index (χ1v) is 6.88. The van der Waals surface area contributed by atoms with Crippen molar-refractivity contribution in [1.29, 1.82) is 0 Å². The topological polar surface area (TPSA) is 77.8 Å². The molecule has 0 saturated carbocycles. The minimum atomic E-state index is -1.07. The number of carboxylic acid groups (broad SMARTS) is 1. The molecule has 6 heteroatoms. The molecular weight excluding hydrogens is 266 g/mol. The Morgan fingerprint density at radius 3 is 2.32 bits per heavy atom. The first kappa shape index (κ1) is 15.4. The number of phenolic OH excluding ortho intramolecular Hbond substituents is 1. The normalized spacial score (nSPS) is 10.5. The van der Waals surface area contributed by atoms with Gasteiger partial charge in [0.25, 0.3) is 0 Å². The van der Waals surface area contributed by atoms with Crippen LogP contribution in [0.4, 0.5) is 5.69 Å². The highest BCUT2D eigenvalue weighted by Gasteiger charge is 2.19. The lowest BCUT2D eigenvalue weighted by molar-refractivity contribution is -0.136. The highest BCUT2D eigenvalue weighted by atomic mass is 32.2. The SMILES string of the molecule is CC(C)SCC(=O)N(CC(=O)O)c1ccc(O)cc1. The van der Waals surface area contributed by atoms with E-state index in [-0.39, 0.29) is 24.0 Å². The lowest BCUT2D eigenvalue weighted by Gasteiger charge is -2.21. The number of amides is 1. The third kappa shape index (κ3) is 5.21. The number of thioether (sulfide) groups is 1. The summed E-state index contributed by atoms with van der Waals surface area (Å²) in [5.41, 5.74) is 0.467. The van der Waals surface area contributed by atoms with Crippen molar-refractivity contribution in [3.8, 4) is 5.75 Å². The molecule has 0 aliphatic carbocycles. The van der Waals surface area contributed by atoms with Crippen LogP contribution >= 0.6 is 11.8 Å². The van der Waals surface area contributed by atoms with Crippen LogP contribution in [0.15, 0.2) is 24.3 Å². The van der Waals surface area contributed by atoms with Crippen molar-refractivity contribution >= 4 is 29.3 Å². The Balaban J connectivity index is 2.84. The number of carbonyl (C=O) groups is 2. The first-order chi connectivity index (χ1) is 8.90. The number of hydrogen-bond donors (Lipinski definition) is 2. The van der Waals surface area contributed by atoms with Crippen molar-refractivity contribution in [3.63, 3.8) is 0 Å². The molecule has 0 spiro atoms. The van der Waals surface area contributed by atoms with E-state index >= 15 is 0 Å². The van der Waals surface area contributed by atoms with Crippen LogP contribution in [-0.4, -0.2) is 39.6 Å². The average Bonchev–Trinajstić information content (AvgIpc) is 2.34. The molecule has 104 valence electrons. The Kier molecular flexibility index (Phi) is 5.69. The highest BCUT2D eigenvalue weighted by Crippen LogP contribution is 2.20. The van der Waals surface area contributed by atoms with E-state index in [2.05, 4.69) is 0 Å². The summed E-state index contributed by atoms with van der Waals surface area (Å²) >= 11 is 1.46. The molecule has 0 aromatic heterocycles. The van der Waals surface area contributed by atoms with E-state index in [1.54, 1.807) is 0 Å². The molecule has 0 atom stereocenters. The van der Waals surface area contributed by atoms with Gasteiger partial charge in [-0.05, 0) is 29.5 Å². The number of rotatable bonds is 6. The summed E-state index contributed by atoms with van der Waals surface area (Å²) in [4.78, 5) is 24.1. The van der Waals surface area contributed by atoms with E-state index in [1.165, 1.54) is 40.9 Å². The molecule has 0 fully saturated rings. The standard InChI is InChI=1S/C13H17NO4S/c1-9(2)19-8-12(16)14(7-13(17)18)10-3-5-11(15)6-4-10/h3-6,9,15H,7-8H2,1-2H3,(H,17,18). The van der Waals surface area contributed by atoms with Gasteiger partial charge in [-0.1, -0.05) is 13.8 Å². The molecule has 1 aromatic rings. The third-order valence-corrected chi connectivity index (χ3v) is 3.38. The second kappa shape index (κ2) is 7.04. The van der Waals surface area contributed by atoms with E-state index < -0.39 is 5.97 Å². The number of aliphatic carboxylic acids is 1. The number of hydrogen-bond acceptors (Lipinski definition) is 4. The fourth-order valence-electron chi connectivity index (χ4n) is 1.41. The molecule has 0 saturated heterocycles. The summed E-state index contributed by atoms with van der Waals surface area (Å²) in [5, 5.41) is 18.4. The minimum Gasteiger partial charge on any atom is -0.508 e. The minimum absolute atomic E-state index is 0.0722. The molecule has 19 heavy (non-hydrogen) atoms. The van der Waals surface area contributed by atoms with Crippen LogP contribution in [0.3, 0.4) is 0 Å². The predicted molar refractivity (Wildman–Crippen MR) is 75.7 cm³/mol. The van der Waals surface area contributed by atoms with E-state index in [9.17, 15) is 14.7 Å². The predicted octanol–water partition coefficient (Wildman–Crippen LogP) is 1.95. The molecule has 0 heterocycles. The zero-order valence-electron chi connectivity index (χ0n) is 10.9. The smallest absolute Gasteiger partial charge is 0.323 e. The summed E-state index contributed by atoms with van der Waals surface area (Å²) < 4.78 is 0. The second-order valence-electron chi connectivity index (χ2n) is 4.25. The quantitative estimate of drug-likeness (QED) is 0.834. The van der Waals surface area contributed by atoms with Gasteiger partial charge in [0.15, 0.2) is 0 Å². The Morgan fingerprint density at radius 2 is 1.84 bits per heavy atom. The largest absolute Gasteiger partial charge is 0.508 e. The van der Waals surface area contributed by atoms with Crippen molar-refractivity contribution in [2.24, 2.45) is 0 Å². The number of phenols is 1. The van der Waals surface area contributed by atoms with Gasteiger partial charge in [0, 0.05) is 5.69 Å². The fourth-order valence-corrected chi connectivity index (χ4v) is 2.04. The Bertz CT molecular complexity index is 444. The van der Waals surface area contributed by atoms with Crippen molar-refractivity contribution in [2.45, 2.75) is 19.1 Å². The second-order valence-corrected chi connectivity index (χ2v) is 5.81. The molecule has 5 nitrogen and oxygen atoms in total. The summed E-state index contributed by atoms with van der Waals surface area (Å²) in [5.74, 6) is -1.03. The number of carbonyl (C=O) groups excluding carboxylic acids is 1. The Morgan fingerprint density at radius 1 is 1.26 bits per heavy atom. The van der Waals surface area contributed by atoms with Gasteiger partial charge in [0.1, 0.15) is 12.3 Å². The third-order valence-electron chi connectivity index (χ3n) is 2.30. The van der Waals surface area contributed by atoms with Crippen LogP contribution < -0.4 is 4.90 Å². The van der Waals surface area contributed by atoms with Gasteiger partial charge < -0.3 is 15.1 Å². The number of aromatic hydroxyl groups is 1. The molecule has 0 radical (unpaired) electrons. The molecule has 2 N–H and O–H groups in total. The van der Waals surface area contributed by atoms with E-state index in [4.69, 9.17) is 5.11 Å². The molecule has 1 aromatic carbocycles. The van der Waals surface area contributed by atoms with Gasteiger partial charge >= 0.3 is 5.97 Å². The maximum atomic E-state index is 12.0. The van der Waals surface area contributed by atoms with Gasteiger partial charge in [0.2, 0.25) is 5.91 Å². The molecule has 1 rings (SSSR count). The summed E-state index contributed by atoms with van der Waals surface area (Å²) in [7, 11) is 0. The van der Waals surface area contributed by atoms with Crippen LogP contribution in [0.5, 0.6) is 5.75 Å². The van der Waals surface area contributed by atoms with Crippen LogP contribution in [0, 0.1) is 0 Å². The number of anilines is 1. The molecule has 1 amide bonds. The zero-order valence-corrected chi connectivity index (χ0v) is 11.7. The monoisotopic (exact) mass is 283 g/mol. The van der Waals surface area contributed by atoms with Gasteiger partial charge in [-0.2, -0.15) is 0 Å². The Hall–Kier alpha value is -1.69. The van der Waals surface area contributed by atoms with Crippen molar-refractivity contribution < 1.29 is 19.8 Å². The molecule has 0 unspecified atom stereocenters. The van der Waals surface area contributed by atoms with Crippen LogP contribution in [0.25, 0.3) is 0 Å². The maximum Gasteiger partial charge on any atom is 0.323 e. The summed E-state index contributed by atoms with van der Waals surface area (Å²) in [6.07, 6.45) is 0. The number of nitrogens with zero attached hydrogens (tertiary/aromatic N) is 1. The van der Waals surface area contributed by atoms with E-state index in [1.807, 2.05) is 13.8 Å². The van der Waals surface area contributed by atoms with Gasteiger partial charge in [-0.3, -0.25) is 9.59 Å². The molecule has 0 aliphatic heterocycles. The van der Waals surface area contributed by atoms with Crippen molar-refractivity contribution in [3.05, 3.63) is 24.3 Å². The van der Waals surface area contributed by atoms with Crippen LogP contribution in [-0.2, 0) is 9.59 Å². The van der Waals surface area contributed by atoms with Crippen LogP contribution in [0.2, 0.25) is 0 Å². The molecule has 0 bridgehead atoms. The Labute approximate surface area is 116 Å². The van der Waals surface area contributed by atoms with E-state index in [0.29, 0.717) is 10.9 Å². The van der Waals surface area contributed by atoms with Gasteiger partial charge in [-0.15, -0.1) is 11.8 Å². The van der Waals surface area contributed by atoms with Crippen molar-refractivity contribution in [2.75, 3.05) is 17.2 Å². The fraction of sp³-hybridized carbons (Fsp3) is 0.385.